The number of rotatable bonds is 38. The largest absolute Gasteiger partial charge is 0.480 e. The van der Waals surface area contributed by atoms with Crippen molar-refractivity contribution in [2.24, 2.45) is 0 Å². The van der Waals surface area contributed by atoms with E-state index in [0.29, 0.717) is 25.7 Å². The van der Waals surface area contributed by atoms with Crippen LogP contribution < -0.4 is 10.6 Å². The lowest BCUT2D eigenvalue weighted by Crippen LogP contribution is -2.47. The third-order valence-corrected chi connectivity index (χ3v) is 9.26. The van der Waals surface area contributed by atoms with Crippen molar-refractivity contribution < 1.29 is 34.1 Å². The molecule has 9 heteroatoms. The van der Waals surface area contributed by atoms with Gasteiger partial charge in [0.1, 0.15) is 12.1 Å². The van der Waals surface area contributed by atoms with E-state index in [0.717, 1.165) is 51.4 Å². The number of aliphatic hydroxyl groups excluding tert-OH is 1. The summed E-state index contributed by atoms with van der Waals surface area (Å²) in [4.78, 5) is 47.8. The van der Waals surface area contributed by atoms with Crippen molar-refractivity contribution in [1.82, 2.24) is 10.6 Å². The highest BCUT2D eigenvalue weighted by atomic mass is 16.5. The van der Waals surface area contributed by atoms with Crippen molar-refractivity contribution >= 4 is 23.8 Å². The average Bonchev–Trinajstić information content (AvgIpc) is 3.17. The van der Waals surface area contributed by atoms with Gasteiger partial charge in [0, 0.05) is 12.8 Å². The Morgan fingerprint density at radius 3 is 1.49 bits per heavy atom. The maximum atomic E-state index is 12.7. The molecule has 0 saturated heterocycles. The highest BCUT2D eigenvalue weighted by Crippen LogP contribution is 2.15. The first-order valence-corrected chi connectivity index (χ1v) is 21.7. The fraction of sp³-hybridized carbons (Fsp3) is 0.696. The highest BCUT2D eigenvalue weighted by molar-refractivity contribution is 5.87. The minimum absolute atomic E-state index is 0.182. The second kappa shape index (κ2) is 40.2. The number of amides is 2. The number of hydrogen-bond donors (Lipinski definition) is 4. The highest BCUT2D eigenvalue weighted by Gasteiger charge is 2.19. The molecule has 0 spiro atoms. The molecule has 0 saturated carbocycles. The van der Waals surface area contributed by atoms with E-state index in [1.807, 2.05) is 12.2 Å². The average molecular weight is 771 g/mol. The molecule has 4 N–H and O–H groups in total. The molecular weight excluding hydrogens is 693 g/mol. The number of aliphatic carboxylic acids is 1. The molecule has 0 aliphatic carbocycles. The van der Waals surface area contributed by atoms with Gasteiger partial charge in [0.2, 0.25) is 11.8 Å². The van der Waals surface area contributed by atoms with Gasteiger partial charge in [-0.2, -0.15) is 0 Å². The molecule has 0 aromatic heterocycles. The summed E-state index contributed by atoms with van der Waals surface area (Å²) in [6.07, 6.45) is 48.3. The number of esters is 1. The number of aliphatic hydroxyl groups is 1. The first-order valence-electron chi connectivity index (χ1n) is 21.7. The number of ether oxygens (including phenoxy) is 1. The maximum Gasteiger partial charge on any atom is 0.328 e. The van der Waals surface area contributed by atoms with Gasteiger partial charge in [-0.25, -0.2) is 4.79 Å². The molecule has 9 nitrogen and oxygen atoms in total. The zero-order valence-corrected chi connectivity index (χ0v) is 34.7. The van der Waals surface area contributed by atoms with Gasteiger partial charge in [0.25, 0.3) is 0 Å². The zero-order chi connectivity index (χ0) is 40.5. The molecule has 55 heavy (non-hydrogen) atoms. The lowest BCUT2D eigenvalue weighted by molar-refractivity contribution is -0.147. The predicted molar refractivity (Wildman–Crippen MR) is 227 cm³/mol. The van der Waals surface area contributed by atoms with E-state index in [1.165, 1.54) is 83.5 Å². The summed E-state index contributed by atoms with van der Waals surface area (Å²) in [5, 5.41) is 22.6. The van der Waals surface area contributed by atoms with Crippen LogP contribution in [0.1, 0.15) is 181 Å². The third-order valence-electron chi connectivity index (χ3n) is 9.26. The maximum absolute atomic E-state index is 12.7. The lowest BCUT2D eigenvalue weighted by atomic mass is 10.0. The summed E-state index contributed by atoms with van der Waals surface area (Å²) in [5.41, 5.74) is 0. The molecule has 0 aromatic carbocycles. The quantitative estimate of drug-likeness (QED) is 0.0278. The van der Waals surface area contributed by atoms with Crippen LogP contribution in [0.5, 0.6) is 0 Å². The van der Waals surface area contributed by atoms with E-state index in [4.69, 9.17) is 14.9 Å². The van der Waals surface area contributed by atoms with Crippen molar-refractivity contribution in [2.45, 2.75) is 193 Å². The van der Waals surface area contributed by atoms with E-state index in [9.17, 15) is 19.2 Å². The van der Waals surface area contributed by atoms with Crippen LogP contribution in [0.4, 0.5) is 0 Å². The van der Waals surface area contributed by atoms with E-state index in [1.54, 1.807) is 0 Å². The molecule has 0 heterocycles. The molecule has 0 radical (unpaired) electrons. The van der Waals surface area contributed by atoms with Gasteiger partial charge >= 0.3 is 11.9 Å². The molecule has 0 bridgehead atoms. The van der Waals surface area contributed by atoms with E-state index >= 15 is 0 Å². The normalized spacial score (nSPS) is 13.1. The Morgan fingerprint density at radius 2 is 1.02 bits per heavy atom. The molecule has 2 amide bonds. The minimum Gasteiger partial charge on any atom is -0.480 e. The van der Waals surface area contributed by atoms with Crippen molar-refractivity contribution in [3.8, 4) is 0 Å². The Morgan fingerprint density at radius 1 is 0.564 bits per heavy atom. The number of carbonyl (C=O) groups excluding carboxylic acids is 3. The van der Waals surface area contributed by atoms with Crippen LogP contribution in [0.25, 0.3) is 0 Å². The number of hydrogen-bond acceptors (Lipinski definition) is 6. The molecule has 2 atom stereocenters. The van der Waals surface area contributed by atoms with Gasteiger partial charge in [-0.05, 0) is 63.9 Å². The van der Waals surface area contributed by atoms with Crippen LogP contribution >= 0.6 is 0 Å². The Hall–Kier alpha value is -3.46. The smallest absolute Gasteiger partial charge is 0.328 e. The molecule has 314 valence electrons. The molecule has 0 aliphatic rings. The Balaban J connectivity index is 4.51. The standard InChI is InChI=1S/C46H78N2O7/c1-3-5-7-9-11-13-15-17-19-20-22-24-26-28-30-32-38-45(52)55-41(35-31-29-27-25-23-21-18-16-14-12-10-8-6-4-2)36-33-34-37-43(50)47-39-44(51)48-42(40-49)46(53)54/h6,8,12,14,18,21,25,27,31,35,41-42,49H,3-5,7,9-11,13,15-17,19-20,22-24,26,28-30,32-34,36-40H2,1-2H3,(H,47,50)(H,48,51)(H,53,54)/b8-6-,14-12-,21-18-,27-25-,35-31-. The summed E-state index contributed by atoms with van der Waals surface area (Å²) >= 11 is 0. The van der Waals surface area contributed by atoms with Crippen LogP contribution in [0.2, 0.25) is 0 Å². The van der Waals surface area contributed by atoms with Crippen LogP contribution in [0.3, 0.4) is 0 Å². The number of carbonyl (C=O) groups is 4. The van der Waals surface area contributed by atoms with Gasteiger partial charge in [-0.3, -0.25) is 14.4 Å². The SMILES string of the molecule is CC/C=C\C/C=C\C/C=C\C/C=C\C/C=C\C(CCCCC(=O)NCC(=O)NC(CO)C(=O)O)OC(=O)CCCCCCCCCCCCCCCCCC. The second-order valence-corrected chi connectivity index (χ2v) is 14.4. The Kier molecular flexibility index (Phi) is 37.7. The monoisotopic (exact) mass is 771 g/mol. The van der Waals surface area contributed by atoms with Crippen LogP contribution in [0, 0.1) is 0 Å². The number of carboxylic acids is 1. The third kappa shape index (κ3) is 37.2. The fourth-order valence-corrected chi connectivity index (χ4v) is 5.95. The summed E-state index contributed by atoms with van der Waals surface area (Å²) in [6, 6.07) is -1.41. The van der Waals surface area contributed by atoms with Crippen molar-refractivity contribution in [1.29, 1.82) is 0 Å². The first kappa shape index (κ1) is 51.5. The molecule has 0 aromatic rings. The van der Waals surface area contributed by atoms with Gasteiger partial charge in [-0.1, -0.05) is 165 Å². The molecule has 0 rings (SSSR count). The van der Waals surface area contributed by atoms with E-state index < -0.39 is 24.5 Å². The number of nitrogens with one attached hydrogen (secondary N) is 2. The zero-order valence-electron chi connectivity index (χ0n) is 34.7. The minimum atomic E-state index is -1.41. The van der Waals surface area contributed by atoms with E-state index in [-0.39, 0.29) is 30.9 Å². The summed E-state index contributed by atoms with van der Waals surface area (Å²) in [7, 11) is 0. The topological polar surface area (TPSA) is 142 Å². The molecular formula is C46H78N2O7. The van der Waals surface area contributed by atoms with Crippen LogP contribution in [0.15, 0.2) is 60.8 Å². The fourth-order valence-electron chi connectivity index (χ4n) is 5.95. The second-order valence-electron chi connectivity index (χ2n) is 14.4. The number of allylic oxidation sites excluding steroid dienone is 9. The summed E-state index contributed by atoms with van der Waals surface area (Å²) in [5.74, 6) is -2.57. The first-order chi connectivity index (χ1) is 26.8. The van der Waals surface area contributed by atoms with Gasteiger partial charge < -0.3 is 25.6 Å². The van der Waals surface area contributed by atoms with Gasteiger partial charge in [0.05, 0.1) is 13.2 Å². The van der Waals surface area contributed by atoms with Crippen molar-refractivity contribution in [3.05, 3.63) is 60.8 Å². The van der Waals surface area contributed by atoms with E-state index in [2.05, 4.69) is 73.1 Å². The van der Waals surface area contributed by atoms with Gasteiger partial charge in [0.15, 0.2) is 0 Å². The predicted octanol–water partition coefficient (Wildman–Crippen LogP) is 10.5. The molecule has 2 unspecified atom stereocenters. The van der Waals surface area contributed by atoms with Crippen molar-refractivity contribution in [2.75, 3.05) is 13.2 Å². The van der Waals surface area contributed by atoms with Crippen LogP contribution in [-0.4, -0.2) is 59.3 Å². The number of carboxylic acid groups (broad SMARTS) is 1. The Labute approximate surface area is 334 Å². The summed E-state index contributed by atoms with van der Waals surface area (Å²) < 4.78 is 5.85. The number of unbranched alkanes of at least 4 members (excludes halogenated alkanes) is 16. The Bertz CT molecular complexity index is 1110. The molecule has 0 fully saturated rings. The lowest BCUT2D eigenvalue weighted by Gasteiger charge is -2.15. The van der Waals surface area contributed by atoms with Crippen molar-refractivity contribution in [3.63, 3.8) is 0 Å². The molecule has 0 aliphatic heterocycles. The van der Waals surface area contributed by atoms with Gasteiger partial charge in [-0.15, -0.1) is 0 Å². The summed E-state index contributed by atoms with van der Waals surface area (Å²) in [6.45, 7) is 3.29. The van der Waals surface area contributed by atoms with Crippen LogP contribution in [-0.2, 0) is 23.9 Å².